The van der Waals surface area contributed by atoms with Gasteiger partial charge in [0, 0.05) is 44.6 Å². The predicted octanol–water partition coefficient (Wildman–Crippen LogP) is 1.82. The Kier molecular flexibility index (Phi) is 6.91. The Morgan fingerprint density at radius 1 is 1.00 bits per heavy atom. The number of esters is 1. The molecule has 1 atom stereocenters. The van der Waals surface area contributed by atoms with Gasteiger partial charge in [0.05, 0.1) is 17.8 Å². The summed E-state index contributed by atoms with van der Waals surface area (Å²) >= 11 is 0. The molecular formula is C23H27N5O3. The second kappa shape index (κ2) is 10.2. The van der Waals surface area contributed by atoms with Crippen molar-refractivity contribution in [1.82, 2.24) is 19.9 Å². The number of benzene rings is 2. The first-order chi connectivity index (χ1) is 15.2. The van der Waals surface area contributed by atoms with Gasteiger partial charge in [-0.25, -0.2) is 9.48 Å². The summed E-state index contributed by atoms with van der Waals surface area (Å²) in [6.45, 7) is 4.72. The molecule has 162 valence electrons. The van der Waals surface area contributed by atoms with Crippen LogP contribution in [0, 0.1) is 0 Å². The van der Waals surface area contributed by atoms with Crippen molar-refractivity contribution in [2.24, 2.45) is 0 Å². The van der Waals surface area contributed by atoms with Gasteiger partial charge in [-0.1, -0.05) is 41.6 Å². The molecule has 0 saturated carbocycles. The van der Waals surface area contributed by atoms with Crippen LogP contribution in [0.1, 0.15) is 16.1 Å². The average molecular weight is 422 g/mol. The van der Waals surface area contributed by atoms with Gasteiger partial charge in [0.15, 0.2) is 0 Å². The van der Waals surface area contributed by atoms with E-state index < -0.39 is 12.1 Å². The third-order valence-electron chi connectivity index (χ3n) is 5.28. The Hall–Kier alpha value is -3.23. The van der Waals surface area contributed by atoms with Crippen molar-refractivity contribution >= 4 is 11.7 Å². The van der Waals surface area contributed by atoms with Crippen molar-refractivity contribution in [2.45, 2.75) is 19.2 Å². The molecule has 1 saturated heterocycles. The van der Waals surface area contributed by atoms with Gasteiger partial charge in [0.25, 0.3) is 0 Å². The highest BCUT2D eigenvalue weighted by Gasteiger charge is 2.19. The van der Waals surface area contributed by atoms with Crippen LogP contribution in [-0.2, 0) is 17.8 Å². The van der Waals surface area contributed by atoms with E-state index in [4.69, 9.17) is 4.74 Å². The van der Waals surface area contributed by atoms with Crippen molar-refractivity contribution in [1.29, 1.82) is 0 Å². The Balaban J connectivity index is 1.20. The lowest BCUT2D eigenvalue weighted by atomic mass is 10.2. The minimum absolute atomic E-state index is 0.0929. The fourth-order valence-corrected chi connectivity index (χ4v) is 3.63. The molecule has 1 aromatic heterocycles. The van der Waals surface area contributed by atoms with Crippen LogP contribution in [0.25, 0.3) is 0 Å². The number of piperazine rings is 1. The number of hydrogen-bond donors (Lipinski definition) is 1. The zero-order valence-electron chi connectivity index (χ0n) is 17.4. The van der Waals surface area contributed by atoms with Crippen molar-refractivity contribution in [3.05, 3.63) is 78.1 Å². The SMILES string of the molecule is O=C(OCC(O)Cn1cc(CN2CCN(c3ccccc3)CC2)nn1)c1ccccc1. The van der Waals surface area contributed by atoms with Gasteiger partial charge in [-0.3, -0.25) is 4.90 Å². The molecule has 1 N–H and O–H groups in total. The lowest BCUT2D eigenvalue weighted by molar-refractivity contribution is 0.0207. The van der Waals surface area contributed by atoms with Crippen LogP contribution in [0.5, 0.6) is 0 Å². The van der Waals surface area contributed by atoms with Crippen LogP contribution in [-0.4, -0.2) is 69.9 Å². The van der Waals surface area contributed by atoms with E-state index in [-0.39, 0.29) is 13.2 Å². The van der Waals surface area contributed by atoms with E-state index in [1.807, 2.05) is 18.3 Å². The van der Waals surface area contributed by atoms with E-state index in [9.17, 15) is 9.90 Å². The number of hydrogen-bond acceptors (Lipinski definition) is 7. The summed E-state index contributed by atoms with van der Waals surface area (Å²) in [5.41, 5.74) is 2.58. The third-order valence-corrected chi connectivity index (χ3v) is 5.28. The smallest absolute Gasteiger partial charge is 0.338 e. The van der Waals surface area contributed by atoms with Gasteiger partial charge in [0.2, 0.25) is 0 Å². The van der Waals surface area contributed by atoms with Crippen LogP contribution in [0.15, 0.2) is 66.9 Å². The summed E-state index contributed by atoms with van der Waals surface area (Å²) in [5.74, 6) is -0.450. The second-order valence-corrected chi connectivity index (χ2v) is 7.65. The van der Waals surface area contributed by atoms with E-state index in [0.29, 0.717) is 5.56 Å². The first-order valence-corrected chi connectivity index (χ1v) is 10.5. The van der Waals surface area contributed by atoms with Crippen molar-refractivity contribution in [3.63, 3.8) is 0 Å². The minimum Gasteiger partial charge on any atom is -0.459 e. The van der Waals surface area contributed by atoms with Gasteiger partial charge < -0.3 is 14.7 Å². The standard InChI is InChI=1S/C23H27N5O3/c29-22(18-31-23(30)19-7-3-1-4-8-19)17-28-16-20(24-25-28)15-26-11-13-27(14-12-26)21-9-5-2-6-10-21/h1-10,16,22,29H,11-15,17-18H2. The Morgan fingerprint density at radius 2 is 1.68 bits per heavy atom. The van der Waals surface area contributed by atoms with E-state index in [2.05, 4.69) is 44.4 Å². The highest BCUT2D eigenvalue weighted by molar-refractivity contribution is 5.89. The number of aliphatic hydroxyl groups excluding tert-OH is 1. The Morgan fingerprint density at radius 3 is 2.39 bits per heavy atom. The zero-order valence-corrected chi connectivity index (χ0v) is 17.4. The third kappa shape index (κ3) is 5.90. The molecule has 1 aliphatic rings. The van der Waals surface area contributed by atoms with Gasteiger partial charge in [-0.2, -0.15) is 0 Å². The lowest BCUT2D eigenvalue weighted by Gasteiger charge is -2.35. The Labute approximate surface area is 181 Å². The second-order valence-electron chi connectivity index (χ2n) is 7.65. The number of aliphatic hydroxyl groups is 1. The minimum atomic E-state index is -0.850. The number of para-hydroxylation sites is 1. The number of aromatic nitrogens is 3. The number of anilines is 1. The summed E-state index contributed by atoms with van der Waals surface area (Å²) in [5, 5.41) is 18.5. The number of ether oxygens (including phenoxy) is 1. The molecule has 8 nitrogen and oxygen atoms in total. The largest absolute Gasteiger partial charge is 0.459 e. The molecule has 1 fully saturated rings. The fourth-order valence-electron chi connectivity index (χ4n) is 3.63. The maximum atomic E-state index is 12.0. The van der Waals surface area contributed by atoms with E-state index in [1.165, 1.54) is 5.69 Å². The summed E-state index contributed by atoms with van der Waals surface area (Å²) in [6.07, 6.45) is 0.989. The van der Waals surface area contributed by atoms with Crippen molar-refractivity contribution < 1.29 is 14.6 Å². The molecule has 2 heterocycles. The van der Waals surface area contributed by atoms with Gasteiger partial charge in [0.1, 0.15) is 12.7 Å². The van der Waals surface area contributed by atoms with Crippen molar-refractivity contribution in [2.75, 3.05) is 37.7 Å². The highest BCUT2D eigenvalue weighted by Crippen LogP contribution is 2.16. The molecule has 8 heteroatoms. The van der Waals surface area contributed by atoms with Crippen LogP contribution < -0.4 is 4.90 Å². The quantitative estimate of drug-likeness (QED) is 0.556. The average Bonchev–Trinajstić information content (AvgIpc) is 3.25. The zero-order chi connectivity index (χ0) is 21.5. The summed E-state index contributed by atoms with van der Waals surface area (Å²) < 4.78 is 6.77. The molecule has 0 bridgehead atoms. The molecule has 1 unspecified atom stereocenters. The number of rotatable bonds is 8. The molecular weight excluding hydrogens is 394 g/mol. The summed E-state index contributed by atoms with van der Waals surface area (Å²) in [6, 6.07) is 19.2. The molecule has 31 heavy (non-hydrogen) atoms. The predicted molar refractivity (Wildman–Crippen MR) is 117 cm³/mol. The summed E-state index contributed by atoms with van der Waals surface area (Å²) in [7, 11) is 0. The number of carbonyl (C=O) groups excluding carboxylic acids is 1. The van der Waals surface area contributed by atoms with E-state index in [0.717, 1.165) is 38.4 Å². The molecule has 2 aromatic carbocycles. The van der Waals surface area contributed by atoms with Crippen molar-refractivity contribution in [3.8, 4) is 0 Å². The monoisotopic (exact) mass is 421 g/mol. The number of nitrogens with zero attached hydrogens (tertiary/aromatic N) is 5. The van der Waals surface area contributed by atoms with Gasteiger partial charge >= 0.3 is 5.97 Å². The van der Waals surface area contributed by atoms with E-state index >= 15 is 0 Å². The number of carbonyl (C=O) groups is 1. The maximum absolute atomic E-state index is 12.0. The molecule has 0 amide bonds. The summed E-state index contributed by atoms with van der Waals surface area (Å²) in [4.78, 5) is 16.7. The molecule has 3 aromatic rings. The van der Waals surface area contributed by atoms with Crippen LogP contribution >= 0.6 is 0 Å². The van der Waals surface area contributed by atoms with Gasteiger partial charge in [-0.15, -0.1) is 5.10 Å². The molecule has 1 aliphatic heterocycles. The fraction of sp³-hybridized carbons (Fsp3) is 0.348. The van der Waals surface area contributed by atoms with Crippen LogP contribution in [0.3, 0.4) is 0 Å². The topological polar surface area (TPSA) is 83.7 Å². The first-order valence-electron chi connectivity index (χ1n) is 10.5. The molecule has 0 aliphatic carbocycles. The maximum Gasteiger partial charge on any atom is 0.338 e. The van der Waals surface area contributed by atoms with Gasteiger partial charge in [-0.05, 0) is 24.3 Å². The Bertz CT molecular complexity index is 956. The van der Waals surface area contributed by atoms with Crippen LogP contribution in [0.2, 0.25) is 0 Å². The van der Waals surface area contributed by atoms with Crippen LogP contribution in [0.4, 0.5) is 5.69 Å². The molecule has 0 spiro atoms. The molecule has 0 radical (unpaired) electrons. The molecule has 4 rings (SSSR count). The van der Waals surface area contributed by atoms with E-state index in [1.54, 1.807) is 28.9 Å². The normalized spacial score (nSPS) is 15.6. The lowest BCUT2D eigenvalue weighted by Crippen LogP contribution is -2.46. The highest BCUT2D eigenvalue weighted by atomic mass is 16.5. The first kappa shape index (κ1) is 21.0.